The molecule has 0 spiro atoms. The van der Waals surface area contributed by atoms with Crippen LogP contribution in [-0.2, 0) is 11.3 Å². The molecule has 5 nitrogen and oxygen atoms in total. The highest BCUT2D eigenvalue weighted by atomic mass is 127. The third kappa shape index (κ3) is 5.50. The van der Waals surface area contributed by atoms with E-state index in [9.17, 15) is 9.59 Å². The zero-order valence-corrected chi connectivity index (χ0v) is 20.3. The minimum atomic E-state index is -0.306. The van der Waals surface area contributed by atoms with Gasteiger partial charge in [0.05, 0.1) is 28.2 Å². The second-order valence-electron chi connectivity index (χ2n) is 6.51. The fraction of sp³-hybridized carbons (Fsp3) is 0.273. The van der Waals surface area contributed by atoms with Gasteiger partial charge in [-0.05, 0) is 89.2 Å². The zero-order valence-electron chi connectivity index (χ0n) is 16.6. The van der Waals surface area contributed by atoms with Crippen molar-refractivity contribution < 1.29 is 19.1 Å². The fourth-order valence-electron chi connectivity index (χ4n) is 2.84. The van der Waals surface area contributed by atoms with Crippen LogP contribution in [0.2, 0.25) is 5.02 Å². The fourth-order valence-corrected chi connectivity index (χ4v) is 4.58. The van der Waals surface area contributed by atoms with Crippen molar-refractivity contribution in [1.82, 2.24) is 4.90 Å². The van der Waals surface area contributed by atoms with Gasteiger partial charge in [-0.25, -0.2) is 0 Å². The highest BCUT2D eigenvalue weighted by Crippen LogP contribution is 2.38. The summed E-state index contributed by atoms with van der Waals surface area (Å²) in [5, 5.41) is 0.322. The molecule has 1 heterocycles. The predicted octanol–water partition coefficient (Wildman–Crippen LogP) is 6.37. The summed E-state index contributed by atoms with van der Waals surface area (Å²) in [6, 6.07) is 10.9. The molecule has 1 aliphatic heterocycles. The Kier molecular flexibility index (Phi) is 8.07. The molecule has 0 bridgehead atoms. The van der Waals surface area contributed by atoms with Crippen molar-refractivity contribution in [2.75, 3.05) is 13.2 Å². The molecule has 0 aliphatic carbocycles. The second-order valence-corrected chi connectivity index (χ2v) is 9.10. The minimum absolute atomic E-state index is 0.213. The van der Waals surface area contributed by atoms with Gasteiger partial charge in [0.25, 0.3) is 11.1 Å². The topological polar surface area (TPSA) is 55.8 Å². The molecule has 0 atom stereocenters. The van der Waals surface area contributed by atoms with Crippen molar-refractivity contribution in [1.29, 1.82) is 0 Å². The molecule has 0 radical (unpaired) electrons. The number of rotatable bonds is 8. The first-order valence-electron chi connectivity index (χ1n) is 9.51. The average molecular weight is 558 g/mol. The predicted molar refractivity (Wildman–Crippen MR) is 129 cm³/mol. The Morgan fingerprint density at radius 2 is 1.87 bits per heavy atom. The highest BCUT2D eigenvalue weighted by molar-refractivity contribution is 14.1. The summed E-state index contributed by atoms with van der Waals surface area (Å²) in [6.45, 7) is 5.26. The van der Waals surface area contributed by atoms with Gasteiger partial charge in [0.1, 0.15) is 0 Å². The van der Waals surface area contributed by atoms with Crippen LogP contribution >= 0.6 is 46.0 Å². The monoisotopic (exact) mass is 557 g/mol. The number of hydrogen-bond acceptors (Lipinski definition) is 5. The van der Waals surface area contributed by atoms with Gasteiger partial charge in [0.2, 0.25) is 0 Å². The van der Waals surface area contributed by atoms with Gasteiger partial charge in [0.15, 0.2) is 11.5 Å². The minimum Gasteiger partial charge on any atom is -0.490 e. The van der Waals surface area contributed by atoms with Gasteiger partial charge in [-0.1, -0.05) is 30.7 Å². The zero-order chi connectivity index (χ0) is 21.7. The normalized spacial score (nSPS) is 15.2. The number of thioether (sulfide) groups is 1. The van der Waals surface area contributed by atoms with Crippen molar-refractivity contribution in [3.05, 3.63) is 61.0 Å². The van der Waals surface area contributed by atoms with Crippen LogP contribution < -0.4 is 9.47 Å². The lowest BCUT2D eigenvalue weighted by Gasteiger charge is -2.14. The lowest BCUT2D eigenvalue weighted by Crippen LogP contribution is -2.27. The molecule has 1 saturated heterocycles. The van der Waals surface area contributed by atoms with Crippen LogP contribution in [0, 0.1) is 3.57 Å². The Morgan fingerprint density at radius 1 is 1.13 bits per heavy atom. The first-order valence-corrected chi connectivity index (χ1v) is 11.8. The molecule has 30 heavy (non-hydrogen) atoms. The molecule has 2 aromatic rings. The van der Waals surface area contributed by atoms with E-state index in [1.165, 1.54) is 4.90 Å². The number of halogens is 2. The lowest BCUT2D eigenvalue weighted by molar-refractivity contribution is -0.123. The number of carbonyl (C=O) groups excluding carboxylic acids is 2. The van der Waals surface area contributed by atoms with Crippen LogP contribution in [0.25, 0.3) is 6.08 Å². The van der Waals surface area contributed by atoms with E-state index >= 15 is 0 Å². The molecule has 3 rings (SSSR count). The quantitative estimate of drug-likeness (QED) is 0.279. The summed E-state index contributed by atoms with van der Waals surface area (Å²) < 4.78 is 12.5. The average Bonchev–Trinajstić information content (AvgIpc) is 2.96. The van der Waals surface area contributed by atoms with Crippen molar-refractivity contribution in [2.45, 2.75) is 26.8 Å². The Labute approximate surface area is 198 Å². The summed E-state index contributed by atoms with van der Waals surface area (Å²) in [6.07, 6.45) is 2.62. The first kappa shape index (κ1) is 23.0. The van der Waals surface area contributed by atoms with Crippen LogP contribution in [0.15, 0.2) is 41.3 Å². The van der Waals surface area contributed by atoms with Crippen molar-refractivity contribution in [3.8, 4) is 11.5 Å². The number of benzene rings is 2. The summed E-state index contributed by atoms with van der Waals surface area (Å²) in [7, 11) is 0. The molecule has 0 saturated carbocycles. The maximum atomic E-state index is 12.8. The number of nitrogens with zero attached hydrogens (tertiary/aromatic N) is 1. The first-order chi connectivity index (χ1) is 14.4. The van der Waals surface area contributed by atoms with Crippen molar-refractivity contribution in [3.63, 3.8) is 0 Å². The van der Waals surface area contributed by atoms with E-state index in [-0.39, 0.29) is 17.7 Å². The largest absolute Gasteiger partial charge is 0.490 e. The number of ether oxygens (including phenoxy) is 2. The maximum Gasteiger partial charge on any atom is 0.293 e. The smallest absolute Gasteiger partial charge is 0.293 e. The molecule has 8 heteroatoms. The number of amides is 2. The summed E-state index contributed by atoms with van der Waals surface area (Å²) >= 11 is 9.04. The van der Waals surface area contributed by atoms with E-state index in [0.717, 1.165) is 32.9 Å². The Balaban J connectivity index is 1.84. The Bertz CT molecular complexity index is 978. The van der Waals surface area contributed by atoms with E-state index in [0.29, 0.717) is 34.6 Å². The molecule has 158 valence electrons. The molecule has 1 aliphatic rings. The van der Waals surface area contributed by atoms with Gasteiger partial charge in [0, 0.05) is 5.02 Å². The molecular formula is C22H21ClINO4S. The van der Waals surface area contributed by atoms with Crippen molar-refractivity contribution >= 4 is 63.2 Å². The van der Waals surface area contributed by atoms with Crippen LogP contribution in [0.4, 0.5) is 4.79 Å². The summed E-state index contributed by atoms with van der Waals surface area (Å²) in [4.78, 5) is 26.9. The SMILES string of the molecule is CCCOc1c(I)cc(/C=C2\SC(=O)N(Cc3ccc(Cl)cc3)C2=O)cc1OCC. The number of carbonyl (C=O) groups is 2. The van der Waals surface area contributed by atoms with Gasteiger partial charge in [-0.15, -0.1) is 0 Å². The van der Waals surface area contributed by atoms with Crippen LogP contribution in [0.3, 0.4) is 0 Å². The standard InChI is InChI=1S/C22H21ClINO4S/c1-3-9-29-20-17(24)10-15(11-18(20)28-4-2)12-19-21(26)25(22(27)30-19)13-14-5-7-16(23)8-6-14/h5-8,10-12H,3-4,9,13H2,1-2H3/b19-12-. The van der Waals surface area contributed by atoms with Gasteiger partial charge in [-0.3, -0.25) is 14.5 Å². The number of imide groups is 1. The van der Waals surface area contributed by atoms with Crippen molar-refractivity contribution in [2.24, 2.45) is 0 Å². The third-order valence-electron chi connectivity index (χ3n) is 4.21. The molecule has 0 aromatic heterocycles. The van der Waals surface area contributed by atoms with E-state index in [4.69, 9.17) is 21.1 Å². The van der Waals surface area contributed by atoms with Gasteiger partial charge in [-0.2, -0.15) is 0 Å². The summed E-state index contributed by atoms with van der Waals surface area (Å²) in [5.74, 6) is 1.02. The molecular weight excluding hydrogens is 537 g/mol. The van der Waals surface area contributed by atoms with Crippen LogP contribution in [0.1, 0.15) is 31.4 Å². The molecule has 2 aromatic carbocycles. The summed E-state index contributed by atoms with van der Waals surface area (Å²) in [5.41, 5.74) is 1.62. The van der Waals surface area contributed by atoms with E-state index in [2.05, 4.69) is 22.6 Å². The lowest BCUT2D eigenvalue weighted by atomic mass is 10.1. The van der Waals surface area contributed by atoms with Crippen LogP contribution in [-0.4, -0.2) is 29.3 Å². The Morgan fingerprint density at radius 3 is 2.53 bits per heavy atom. The van der Waals surface area contributed by atoms with Gasteiger partial charge >= 0.3 is 0 Å². The van der Waals surface area contributed by atoms with E-state index in [1.807, 2.05) is 26.0 Å². The third-order valence-corrected chi connectivity index (χ3v) is 6.17. The second kappa shape index (κ2) is 10.5. The number of hydrogen-bond donors (Lipinski definition) is 0. The molecule has 0 N–H and O–H groups in total. The Hall–Kier alpha value is -1.71. The van der Waals surface area contributed by atoms with Gasteiger partial charge < -0.3 is 9.47 Å². The maximum absolute atomic E-state index is 12.8. The molecule has 1 fully saturated rings. The van der Waals surface area contributed by atoms with Crippen LogP contribution in [0.5, 0.6) is 11.5 Å². The molecule has 0 unspecified atom stereocenters. The highest BCUT2D eigenvalue weighted by Gasteiger charge is 2.35. The molecule has 2 amide bonds. The van der Waals surface area contributed by atoms with E-state index < -0.39 is 0 Å². The van der Waals surface area contributed by atoms with E-state index in [1.54, 1.807) is 30.3 Å².